The molecule has 1 N–H and O–H groups in total. The summed E-state index contributed by atoms with van der Waals surface area (Å²) < 4.78 is 0. The van der Waals surface area contributed by atoms with Crippen LogP contribution in [0.5, 0.6) is 0 Å². The minimum atomic E-state index is 0.0124. The molecular weight excluding hydrogens is 404 g/mol. The first kappa shape index (κ1) is 18.7. The van der Waals surface area contributed by atoms with Crippen molar-refractivity contribution in [2.75, 3.05) is 24.5 Å². The first-order valence-corrected chi connectivity index (χ1v) is 11.2. The molecule has 4 heterocycles. The predicted molar refractivity (Wildman–Crippen MR) is 119 cm³/mol. The average molecular weight is 427 g/mol. The van der Waals surface area contributed by atoms with Crippen molar-refractivity contribution in [2.45, 2.75) is 31.8 Å². The fraction of sp³-hybridized carbons (Fsp3) is 0.364. The van der Waals surface area contributed by atoms with E-state index in [9.17, 15) is 4.79 Å². The van der Waals surface area contributed by atoms with Gasteiger partial charge in [0, 0.05) is 35.6 Å². The molecule has 0 radical (unpaired) electrons. The van der Waals surface area contributed by atoms with Gasteiger partial charge in [0.2, 0.25) is 0 Å². The van der Waals surface area contributed by atoms with Crippen LogP contribution in [0, 0.1) is 0 Å². The van der Waals surface area contributed by atoms with E-state index in [1.807, 2.05) is 18.2 Å². The van der Waals surface area contributed by atoms with E-state index < -0.39 is 0 Å². The SMILES string of the molecule is CC(c1ccccc1Cl)N1CCNC(=O)c2sc(C3CN=C4CCC=CN43)cc21. The smallest absolute Gasteiger partial charge is 0.263 e. The Hall–Kier alpha value is -2.31. The van der Waals surface area contributed by atoms with Crippen LogP contribution in [0.4, 0.5) is 5.69 Å². The van der Waals surface area contributed by atoms with Gasteiger partial charge in [0.05, 0.1) is 24.3 Å². The lowest BCUT2D eigenvalue weighted by atomic mass is 10.1. The van der Waals surface area contributed by atoms with Gasteiger partial charge >= 0.3 is 0 Å². The number of nitrogens with one attached hydrogen (secondary N) is 1. The second-order valence-electron chi connectivity index (χ2n) is 7.61. The van der Waals surface area contributed by atoms with Gasteiger partial charge in [-0.2, -0.15) is 0 Å². The number of fused-ring (bicyclic) bond motifs is 2. The average Bonchev–Trinajstić information content (AvgIpc) is 3.32. The van der Waals surface area contributed by atoms with Crippen molar-refractivity contribution in [1.29, 1.82) is 0 Å². The largest absolute Gasteiger partial charge is 0.362 e. The molecule has 150 valence electrons. The first-order chi connectivity index (χ1) is 14.1. The molecule has 7 heteroatoms. The maximum Gasteiger partial charge on any atom is 0.263 e. The third kappa shape index (κ3) is 3.24. The van der Waals surface area contributed by atoms with Crippen LogP contribution in [-0.4, -0.2) is 36.3 Å². The summed E-state index contributed by atoms with van der Waals surface area (Å²) in [6.07, 6.45) is 6.40. The number of thiophene rings is 1. The van der Waals surface area contributed by atoms with E-state index in [-0.39, 0.29) is 18.0 Å². The number of amides is 1. The van der Waals surface area contributed by atoms with Gasteiger partial charge in [-0.15, -0.1) is 11.3 Å². The maximum atomic E-state index is 12.8. The Bertz CT molecular complexity index is 1010. The molecule has 2 atom stereocenters. The van der Waals surface area contributed by atoms with Crippen molar-refractivity contribution >= 4 is 40.4 Å². The summed E-state index contributed by atoms with van der Waals surface area (Å²) >= 11 is 8.08. The lowest BCUT2D eigenvalue weighted by Crippen LogP contribution is -2.32. The Kier molecular flexibility index (Phi) is 4.84. The van der Waals surface area contributed by atoms with Gasteiger partial charge in [-0.05, 0) is 31.0 Å². The Morgan fingerprint density at radius 2 is 2.21 bits per heavy atom. The highest BCUT2D eigenvalue weighted by molar-refractivity contribution is 7.14. The van der Waals surface area contributed by atoms with Crippen LogP contribution in [0.25, 0.3) is 0 Å². The van der Waals surface area contributed by atoms with E-state index >= 15 is 0 Å². The molecule has 1 aromatic heterocycles. The van der Waals surface area contributed by atoms with E-state index in [0.717, 1.165) is 52.9 Å². The molecule has 2 unspecified atom stereocenters. The summed E-state index contributed by atoms with van der Waals surface area (Å²) in [4.78, 5) is 24.1. The van der Waals surface area contributed by atoms with Crippen molar-refractivity contribution in [3.63, 3.8) is 0 Å². The van der Waals surface area contributed by atoms with Crippen molar-refractivity contribution < 1.29 is 4.79 Å². The zero-order valence-corrected chi connectivity index (χ0v) is 17.8. The quantitative estimate of drug-likeness (QED) is 0.768. The van der Waals surface area contributed by atoms with Gasteiger partial charge in [0.25, 0.3) is 5.91 Å². The van der Waals surface area contributed by atoms with E-state index in [0.29, 0.717) is 6.54 Å². The van der Waals surface area contributed by atoms with Crippen LogP contribution in [-0.2, 0) is 0 Å². The van der Waals surface area contributed by atoms with Crippen LogP contribution in [0.2, 0.25) is 5.02 Å². The normalized spacial score (nSPS) is 21.9. The Balaban J connectivity index is 1.52. The first-order valence-electron chi connectivity index (χ1n) is 10.0. The molecule has 0 aliphatic carbocycles. The number of rotatable bonds is 3. The van der Waals surface area contributed by atoms with Gasteiger partial charge in [-0.3, -0.25) is 9.79 Å². The standard InChI is InChI=1S/C22H23ClN4OS/c1-14(15-6-2-3-7-16(15)23)26-11-9-24-22(28)21-17(26)12-19(29-21)18-13-25-20-8-4-5-10-27(18)20/h2-3,5-7,10,12,14,18H,4,8-9,11,13H2,1H3,(H,24,28). The van der Waals surface area contributed by atoms with Gasteiger partial charge in [-0.25, -0.2) is 0 Å². The number of halogens is 1. The number of amidine groups is 1. The fourth-order valence-electron chi connectivity index (χ4n) is 4.38. The lowest BCUT2D eigenvalue weighted by molar-refractivity contribution is 0.0962. The fourth-order valence-corrected chi connectivity index (χ4v) is 5.85. The van der Waals surface area contributed by atoms with Gasteiger partial charge in [0.15, 0.2) is 0 Å². The van der Waals surface area contributed by atoms with Crippen LogP contribution in [0.15, 0.2) is 47.6 Å². The molecule has 0 saturated carbocycles. The second kappa shape index (κ2) is 7.50. The molecule has 0 saturated heterocycles. The number of hydrogen-bond acceptors (Lipinski definition) is 5. The Morgan fingerprint density at radius 1 is 1.34 bits per heavy atom. The number of carbonyl (C=O) groups is 1. The Labute approximate surface area is 179 Å². The lowest BCUT2D eigenvalue weighted by Gasteiger charge is -2.31. The summed E-state index contributed by atoms with van der Waals surface area (Å²) in [6, 6.07) is 10.4. The summed E-state index contributed by atoms with van der Waals surface area (Å²) in [5.41, 5.74) is 2.08. The number of nitrogens with zero attached hydrogens (tertiary/aromatic N) is 3. The van der Waals surface area contributed by atoms with Crippen molar-refractivity contribution in [3.8, 4) is 0 Å². The molecule has 1 amide bonds. The van der Waals surface area contributed by atoms with Crippen molar-refractivity contribution in [1.82, 2.24) is 10.2 Å². The van der Waals surface area contributed by atoms with E-state index in [1.54, 1.807) is 11.3 Å². The third-order valence-corrected chi connectivity index (χ3v) is 7.49. The van der Waals surface area contributed by atoms with E-state index in [4.69, 9.17) is 16.6 Å². The van der Waals surface area contributed by atoms with Crippen molar-refractivity contribution in [3.05, 3.63) is 62.9 Å². The van der Waals surface area contributed by atoms with Gasteiger partial charge in [0.1, 0.15) is 10.7 Å². The summed E-state index contributed by atoms with van der Waals surface area (Å²) in [7, 11) is 0. The molecule has 0 fully saturated rings. The number of benzene rings is 1. The van der Waals surface area contributed by atoms with Gasteiger partial charge < -0.3 is 15.1 Å². The highest BCUT2D eigenvalue weighted by Gasteiger charge is 2.34. The summed E-state index contributed by atoms with van der Waals surface area (Å²) in [5.74, 6) is 1.17. The van der Waals surface area contributed by atoms with E-state index in [1.165, 1.54) is 4.88 Å². The maximum absolute atomic E-state index is 12.8. The minimum absolute atomic E-state index is 0.0124. The number of carbonyl (C=O) groups excluding carboxylic acids is 1. The molecular formula is C22H23ClN4OS. The molecule has 29 heavy (non-hydrogen) atoms. The monoisotopic (exact) mass is 426 g/mol. The zero-order chi connectivity index (χ0) is 20.0. The highest BCUT2D eigenvalue weighted by Crippen LogP contribution is 2.42. The molecule has 5 rings (SSSR count). The number of anilines is 1. The molecule has 3 aliphatic rings. The molecule has 2 aromatic rings. The number of aliphatic imine (C=N–C) groups is 1. The van der Waals surface area contributed by atoms with Crippen LogP contribution < -0.4 is 10.2 Å². The molecule has 1 aromatic carbocycles. The molecule has 5 nitrogen and oxygen atoms in total. The van der Waals surface area contributed by atoms with Crippen LogP contribution >= 0.6 is 22.9 Å². The van der Waals surface area contributed by atoms with Crippen molar-refractivity contribution in [2.24, 2.45) is 4.99 Å². The molecule has 0 bridgehead atoms. The van der Waals surface area contributed by atoms with Gasteiger partial charge in [-0.1, -0.05) is 35.9 Å². The highest BCUT2D eigenvalue weighted by atomic mass is 35.5. The predicted octanol–water partition coefficient (Wildman–Crippen LogP) is 4.78. The van der Waals surface area contributed by atoms with E-state index in [2.05, 4.69) is 46.4 Å². The second-order valence-corrected chi connectivity index (χ2v) is 9.10. The summed E-state index contributed by atoms with van der Waals surface area (Å²) in [6.45, 7) is 4.27. The Morgan fingerprint density at radius 3 is 3.07 bits per heavy atom. The number of hydrogen-bond donors (Lipinski definition) is 1. The minimum Gasteiger partial charge on any atom is -0.362 e. The number of allylic oxidation sites excluding steroid dienone is 1. The molecule has 3 aliphatic heterocycles. The third-order valence-electron chi connectivity index (χ3n) is 5.92. The topological polar surface area (TPSA) is 47.9 Å². The van der Waals surface area contributed by atoms with Crippen LogP contribution in [0.1, 0.15) is 52.0 Å². The molecule has 0 spiro atoms. The summed E-state index contributed by atoms with van der Waals surface area (Å²) in [5, 5.41) is 3.81. The van der Waals surface area contributed by atoms with Crippen LogP contribution in [0.3, 0.4) is 0 Å². The zero-order valence-electron chi connectivity index (χ0n) is 16.3.